The van der Waals surface area contributed by atoms with Crippen molar-refractivity contribution in [3.05, 3.63) is 41.5 Å². The Labute approximate surface area is 156 Å². The van der Waals surface area contributed by atoms with E-state index in [1.54, 1.807) is 12.7 Å². The van der Waals surface area contributed by atoms with Crippen molar-refractivity contribution in [2.24, 2.45) is 5.92 Å². The van der Waals surface area contributed by atoms with Crippen molar-refractivity contribution < 1.29 is 18.9 Å². The van der Waals surface area contributed by atoms with Gasteiger partial charge < -0.3 is 18.9 Å². The number of benzene rings is 1. The normalized spacial score (nSPS) is 33.8. The Balaban J connectivity index is 1.46. The number of hydrogen-bond donors (Lipinski definition) is 0. The summed E-state index contributed by atoms with van der Waals surface area (Å²) in [5, 5.41) is 0. The van der Waals surface area contributed by atoms with Crippen molar-refractivity contribution >= 4 is 0 Å². The topological polar surface area (TPSA) is 40.2 Å². The first-order valence-electron chi connectivity index (χ1n) is 9.86. The Kier molecular flexibility index (Phi) is 5.35. The standard InChI is InChI=1S/C22H30O4/c1-23-18-10-8-16(9-11-18)14-25-19-12-13-22(15-26-22)20(21(19)24-2)17-6-4-3-5-7-17/h6,8-11,19-21H,3-5,7,12-15H2,1-2H3/t19-,20+,21-,22+/m1/s1. The molecule has 1 aromatic carbocycles. The molecule has 0 N–H and O–H groups in total. The fourth-order valence-corrected chi connectivity index (χ4v) is 4.72. The van der Waals surface area contributed by atoms with Gasteiger partial charge in [-0.25, -0.2) is 0 Å². The number of allylic oxidation sites excluding steroid dienone is 1. The molecule has 4 nitrogen and oxygen atoms in total. The molecule has 0 aromatic heterocycles. The van der Waals surface area contributed by atoms with Crippen LogP contribution in [-0.4, -0.2) is 38.6 Å². The average molecular weight is 358 g/mol. The Morgan fingerprint density at radius 3 is 2.58 bits per heavy atom. The Morgan fingerprint density at radius 1 is 1.15 bits per heavy atom. The van der Waals surface area contributed by atoms with Crippen molar-refractivity contribution in [1.29, 1.82) is 0 Å². The van der Waals surface area contributed by atoms with Crippen LogP contribution >= 0.6 is 0 Å². The second-order valence-corrected chi connectivity index (χ2v) is 7.79. The summed E-state index contributed by atoms with van der Waals surface area (Å²) < 4.78 is 23.6. The molecular formula is C22H30O4. The van der Waals surface area contributed by atoms with E-state index in [2.05, 4.69) is 18.2 Å². The van der Waals surface area contributed by atoms with Crippen LogP contribution in [0.3, 0.4) is 0 Å². The van der Waals surface area contributed by atoms with Gasteiger partial charge in [-0.1, -0.05) is 23.8 Å². The van der Waals surface area contributed by atoms with E-state index in [1.807, 2.05) is 19.2 Å². The molecule has 4 heteroatoms. The predicted octanol–water partition coefficient (Wildman–Crippen LogP) is 4.27. The third-order valence-electron chi connectivity index (χ3n) is 6.25. The van der Waals surface area contributed by atoms with Crippen molar-refractivity contribution in [2.45, 2.75) is 62.9 Å². The summed E-state index contributed by atoms with van der Waals surface area (Å²) in [5.74, 6) is 1.22. The lowest BCUT2D eigenvalue weighted by atomic mass is 9.69. The lowest BCUT2D eigenvalue weighted by Crippen LogP contribution is -2.50. The number of rotatable bonds is 6. The van der Waals surface area contributed by atoms with E-state index >= 15 is 0 Å². The second kappa shape index (κ2) is 7.71. The minimum absolute atomic E-state index is 0.0177. The molecule has 1 spiro atoms. The lowest BCUT2D eigenvalue weighted by Gasteiger charge is -2.42. The van der Waals surface area contributed by atoms with Gasteiger partial charge in [-0.05, 0) is 56.2 Å². The van der Waals surface area contributed by atoms with Crippen LogP contribution < -0.4 is 4.74 Å². The molecule has 3 aliphatic rings. The summed E-state index contributed by atoms with van der Waals surface area (Å²) in [6.45, 7) is 1.48. The van der Waals surface area contributed by atoms with Crippen LogP contribution in [0.4, 0.5) is 0 Å². The molecule has 2 fully saturated rings. The van der Waals surface area contributed by atoms with Crippen LogP contribution in [0.25, 0.3) is 0 Å². The zero-order valence-electron chi connectivity index (χ0n) is 15.9. The van der Waals surface area contributed by atoms with Gasteiger partial charge >= 0.3 is 0 Å². The van der Waals surface area contributed by atoms with Gasteiger partial charge in [-0.2, -0.15) is 0 Å². The highest BCUT2D eigenvalue weighted by Gasteiger charge is 2.59. The number of epoxide rings is 1. The molecule has 1 heterocycles. The second-order valence-electron chi connectivity index (χ2n) is 7.79. The molecule has 0 radical (unpaired) electrons. The monoisotopic (exact) mass is 358 g/mol. The van der Waals surface area contributed by atoms with Gasteiger partial charge in [0.15, 0.2) is 0 Å². The molecule has 26 heavy (non-hydrogen) atoms. The predicted molar refractivity (Wildman–Crippen MR) is 100 cm³/mol. The number of methoxy groups -OCH3 is 2. The molecule has 4 rings (SSSR count). The zero-order chi connectivity index (χ0) is 18.0. The van der Waals surface area contributed by atoms with Crippen LogP contribution in [0.1, 0.15) is 44.1 Å². The SMILES string of the molecule is COc1ccc(CO[C@@H]2CC[C@]3(CO3)[C@@H](C3=CCCCC3)[C@@H]2OC)cc1. The maximum atomic E-state index is 6.34. The average Bonchev–Trinajstić information content (AvgIpc) is 3.47. The summed E-state index contributed by atoms with van der Waals surface area (Å²) >= 11 is 0. The minimum Gasteiger partial charge on any atom is -0.497 e. The molecule has 1 saturated carbocycles. The molecule has 1 aliphatic heterocycles. The third kappa shape index (κ3) is 3.55. The minimum atomic E-state index is 0.0177. The van der Waals surface area contributed by atoms with Crippen LogP contribution in [0, 0.1) is 5.92 Å². The molecule has 1 saturated heterocycles. The van der Waals surface area contributed by atoms with Crippen LogP contribution in [0.5, 0.6) is 5.75 Å². The van der Waals surface area contributed by atoms with E-state index in [9.17, 15) is 0 Å². The molecular weight excluding hydrogens is 328 g/mol. The molecule has 0 amide bonds. The number of ether oxygens (including phenoxy) is 4. The van der Waals surface area contributed by atoms with E-state index in [1.165, 1.54) is 25.7 Å². The highest BCUT2D eigenvalue weighted by Crippen LogP contribution is 2.52. The van der Waals surface area contributed by atoms with Crippen molar-refractivity contribution in [2.75, 3.05) is 20.8 Å². The smallest absolute Gasteiger partial charge is 0.118 e. The van der Waals surface area contributed by atoms with E-state index in [0.29, 0.717) is 12.5 Å². The molecule has 1 aromatic rings. The quantitative estimate of drug-likeness (QED) is 0.562. The first-order chi connectivity index (χ1) is 12.8. The summed E-state index contributed by atoms with van der Waals surface area (Å²) in [4.78, 5) is 0. The third-order valence-corrected chi connectivity index (χ3v) is 6.25. The van der Waals surface area contributed by atoms with Gasteiger partial charge in [-0.15, -0.1) is 0 Å². The van der Waals surface area contributed by atoms with E-state index in [4.69, 9.17) is 18.9 Å². The fourth-order valence-electron chi connectivity index (χ4n) is 4.72. The highest BCUT2D eigenvalue weighted by molar-refractivity contribution is 5.27. The Hall–Kier alpha value is -1.36. The van der Waals surface area contributed by atoms with Crippen LogP contribution in [0.2, 0.25) is 0 Å². The van der Waals surface area contributed by atoms with Gasteiger partial charge in [0.1, 0.15) is 11.4 Å². The largest absolute Gasteiger partial charge is 0.497 e. The molecule has 0 bridgehead atoms. The summed E-state index contributed by atoms with van der Waals surface area (Å²) in [6, 6.07) is 8.10. The summed E-state index contributed by atoms with van der Waals surface area (Å²) in [6.07, 6.45) is 9.66. The van der Waals surface area contributed by atoms with Crippen LogP contribution in [-0.2, 0) is 20.8 Å². The van der Waals surface area contributed by atoms with E-state index < -0.39 is 0 Å². The maximum Gasteiger partial charge on any atom is 0.118 e. The van der Waals surface area contributed by atoms with Crippen molar-refractivity contribution in [3.63, 3.8) is 0 Å². The van der Waals surface area contributed by atoms with Gasteiger partial charge in [0.05, 0.1) is 32.5 Å². The summed E-state index contributed by atoms with van der Waals surface area (Å²) in [5.41, 5.74) is 2.72. The molecule has 142 valence electrons. The van der Waals surface area contributed by atoms with E-state index in [0.717, 1.165) is 30.8 Å². The van der Waals surface area contributed by atoms with Gasteiger partial charge in [0.2, 0.25) is 0 Å². The van der Waals surface area contributed by atoms with Gasteiger partial charge in [-0.3, -0.25) is 0 Å². The molecule has 4 atom stereocenters. The zero-order valence-corrected chi connectivity index (χ0v) is 15.9. The molecule has 2 aliphatic carbocycles. The first-order valence-corrected chi connectivity index (χ1v) is 9.86. The maximum absolute atomic E-state index is 6.34. The Bertz CT molecular complexity index is 632. The van der Waals surface area contributed by atoms with Crippen molar-refractivity contribution in [3.8, 4) is 5.75 Å². The van der Waals surface area contributed by atoms with Crippen molar-refractivity contribution in [1.82, 2.24) is 0 Å². The summed E-state index contributed by atoms with van der Waals surface area (Å²) in [7, 11) is 3.51. The van der Waals surface area contributed by atoms with Gasteiger partial charge in [0, 0.05) is 13.0 Å². The molecule has 0 unspecified atom stereocenters. The number of hydrogen-bond acceptors (Lipinski definition) is 4. The highest BCUT2D eigenvalue weighted by atomic mass is 16.6. The van der Waals surface area contributed by atoms with Crippen LogP contribution in [0.15, 0.2) is 35.9 Å². The van der Waals surface area contributed by atoms with E-state index in [-0.39, 0.29) is 17.8 Å². The Morgan fingerprint density at radius 2 is 1.96 bits per heavy atom. The van der Waals surface area contributed by atoms with Gasteiger partial charge in [0.25, 0.3) is 0 Å². The first kappa shape index (κ1) is 18.0. The lowest BCUT2D eigenvalue weighted by molar-refractivity contribution is -0.120. The fraction of sp³-hybridized carbons (Fsp3) is 0.636.